The van der Waals surface area contributed by atoms with Gasteiger partial charge in [-0.05, 0) is 19.1 Å². The molecule has 3 N–H and O–H groups in total. The number of carboxylic acid groups (broad SMARTS) is 1. The molecule has 16 nitrogen and oxygen atoms in total. The first-order valence-corrected chi connectivity index (χ1v) is 12.2. The molecule has 18 heteroatoms. The number of hydrogen-bond acceptors (Lipinski definition) is 13. The molecule has 0 saturated heterocycles. The van der Waals surface area contributed by atoms with Crippen molar-refractivity contribution in [1.82, 2.24) is 19.7 Å². The highest BCUT2D eigenvalue weighted by atomic mass is 32.2. The van der Waals surface area contributed by atoms with E-state index >= 15 is 0 Å². The summed E-state index contributed by atoms with van der Waals surface area (Å²) in [6, 6.07) is 2.43. The van der Waals surface area contributed by atoms with Crippen LogP contribution in [0.2, 0.25) is 0 Å². The molecular weight excluding hydrogens is 549 g/mol. The Hall–Kier alpha value is -4.16. The van der Waals surface area contributed by atoms with Gasteiger partial charge < -0.3 is 28.8 Å². The number of alkyl halides is 1. The van der Waals surface area contributed by atoms with E-state index in [0.29, 0.717) is 0 Å². The van der Waals surface area contributed by atoms with E-state index in [1.54, 1.807) is 4.72 Å². The number of rotatable bonds is 12. The number of carbonyl (C=O) groups is 3. The van der Waals surface area contributed by atoms with E-state index in [1.807, 2.05) is 0 Å². The lowest BCUT2D eigenvalue weighted by molar-refractivity contribution is -0.157. The first-order valence-electron chi connectivity index (χ1n) is 10.7. The number of esters is 1. The van der Waals surface area contributed by atoms with Gasteiger partial charge in [-0.3, -0.25) is 10.3 Å². The quantitative estimate of drug-likeness (QED) is 0.296. The predicted octanol–water partition coefficient (Wildman–Crippen LogP) is 0.705. The third-order valence-electron chi connectivity index (χ3n) is 4.11. The van der Waals surface area contributed by atoms with E-state index < -0.39 is 57.5 Å². The summed E-state index contributed by atoms with van der Waals surface area (Å²) >= 11 is 0. The van der Waals surface area contributed by atoms with Gasteiger partial charge in [-0.1, -0.05) is 0 Å². The second kappa shape index (κ2) is 15.9. The van der Waals surface area contributed by atoms with E-state index in [2.05, 4.69) is 29.7 Å². The number of aromatic nitrogens is 3. The second-order valence-corrected chi connectivity index (χ2v) is 8.72. The molecule has 0 aliphatic carbocycles. The summed E-state index contributed by atoms with van der Waals surface area (Å²) in [4.78, 5) is 44.5. The fourth-order valence-corrected chi connectivity index (χ4v) is 3.71. The maximum Gasteiger partial charge on any atom is 0.335 e. The minimum atomic E-state index is -4.60. The molecule has 0 spiro atoms. The van der Waals surface area contributed by atoms with Gasteiger partial charge >= 0.3 is 18.0 Å². The smallest absolute Gasteiger partial charge is 0.335 e. The van der Waals surface area contributed by atoms with Crippen LogP contribution in [0.15, 0.2) is 29.3 Å². The van der Waals surface area contributed by atoms with Crippen LogP contribution in [-0.2, 0) is 33.8 Å². The van der Waals surface area contributed by atoms with Crippen LogP contribution in [0.3, 0.4) is 0 Å². The Kier molecular flexibility index (Phi) is 13.4. The molecule has 2 unspecified atom stereocenters. The normalized spacial score (nSPS) is 12.2. The first-order chi connectivity index (χ1) is 18.4. The molecule has 0 aliphatic rings. The number of methoxy groups -OCH3 is 4. The lowest BCUT2D eigenvalue weighted by Gasteiger charge is -2.21. The van der Waals surface area contributed by atoms with Crippen molar-refractivity contribution < 1.29 is 56.0 Å². The standard InChI is InChI=1S/C18H22FN5O8S.C3H6O3/c1-10(19)16(32-14(25)9-29-2)15-11(6-5-7-20-15)33(27,28)24-18(26)23-17-21-12(30-3)8-13(22-17)31-4;1-6-2-3(4)5/h5-8,10,16H,9H2,1-4H3,(H2,21,22,23,24,26);2H2,1H3,(H,4,5). The van der Waals surface area contributed by atoms with Gasteiger partial charge in [0.1, 0.15) is 30.0 Å². The molecule has 0 bridgehead atoms. The number of nitrogens with zero attached hydrogens (tertiary/aromatic N) is 3. The molecule has 0 fully saturated rings. The summed E-state index contributed by atoms with van der Waals surface area (Å²) < 4.78 is 65.4. The van der Waals surface area contributed by atoms with Crippen LogP contribution < -0.4 is 19.5 Å². The van der Waals surface area contributed by atoms with E-state index in [0.717, 1.165) is 13.0 Å². The SMILES string of the molecule is COCC(=O)O.COCC(=O)OC(c1ncccc1S(=O)(=O)NC(=O)Nc1nc(OC)cc(OC)n1)C(C)F. The largest absolute Gasteiger partial charge is 0.481 e. The molecular formula is C21H28FN5O11S. The lowest BCUT2D eigenvalue weighted by atomic mass is 10.1. The van der Waals surface area contributed by atoms with Crippen LogP contribution in [0.4, 0.5) is 15.1 Å². The van der Waals surface area contributed by atoms with Crippen molar-refractivity contribution in [2.45, 2.75) is 24.1 Å². The number of nitrogens with one attached hydrogen (secondary N) is 2. The Morgan fingerprint density at radius 3 is 2.10 bits per heavy atom. The van der Waals surface area contributed by atoms with Crippen LogP contribution in [0.1, 0.15) is 18.7 Å². The Bertz CT molecular complexity index is 1210. The highest BCUT2D eigenvalue weighted by molar-refractivity contribution is 7.90. The molecule has 2 aromatic rings. The van der Waals surface area contributed by atoms with E-state index in [-0.39, 0.29) is 24.3 Å². The van der Waals surface area contributed by atoms with Crippen LogP contribution in [-0.4, -0.2) is 94.3 Å². The third kappa shape index (κ3) is 11.0. The molecule has 0 aromatic carbocycles. The average Bonchev–Trinajstić information content (AvgIpc) is 2.87. The highest BCUT2D eigenvalue weighted by Gasteiger charge is 2.32. The summed E-state index contributed by atoms with van der Waals surface area (Å²) in [6.07, 6.45) is -2.32. The molecule has 0 radical (unpaired) electrons. The Morgan fingerprint density at radius 1 is 1.05 bits per heavy atom. The minimum absolute atomic E-state index is 0.0483. The summed E-state index contributed by atoms with van der Waals surface area (Å²) in [6.45, 7) is 0.367. The number of hydrogen-bond donors (Lipinski definition) is 3. The monoisotopic (exact) mass is 577 g/mol. The van der Waals surface area contributed by atoms with Crippen LogP contribution in [0.5, 0.6) is 11.8 Å². The van der Waals surface area contributed by atoms with Crippen molar-refractivity contribution in [3.63, 3.8) is 0 Å². The maximum atomic E-state index is 14.2. The number of carbonyl (C=O) groups excluding carboxylic acids is 2. The van der Waals surface area contributed by atoms with E-state index in [4.69, 9.17) is 19.3 Å². The summed E-state index contributed by atoms with van der Waals surface area (Å²) in [7, 11) is 0.616. The average molecular weight is 578 g/mol. The minimum Gasteiger partial charge on any atom is -0.481 e. The Labute approximate surface area is 222 Å². The second-order valence-electron chi connectivity index (χ2n) is 7.07. The molecule has 2 aromatic heterocycles. The number of anilines is 1. The van der Waals surface area contributed by atoms with E-state index in [9.17, 15) is 27.2 Å². The summed E-state index contributed by atoms with van der Waals surface area (Å²) in [5.41, 5.74) is -0.420. The maximum absolute atomic E-state index is 14.2. The fourth-order valence-electron chi connectivity index (χ4n) is 2.60. The zero-order valence-electron chi connectivity index (χ0n) is 21.5. The van der Waals surface area contributed by atoms with Gasteiger partial charge in [-0.15, -0.1) is 0 Å². The van der Waals surface area contributed by atoms with Crippen molar-refractivity contribution in [3.8, 4) is 11.8 Å². The molecule has 2 amide bonds. The third-order valence-corrected chi connectivity index (χ3v) is 5.49. The number of carboxylic acids is 1. The summed E-state index contributed by atoms with van der Waals surface area (Å²) in [5.74, 6) is -2.08. The van der Waals surface area contributed by atoms with Crippen LogP contribution >= 0.6 is 0 Å². The molecule has 2 atom stereocenters. The number of aliphatic carboxylic acids is 1. The van der Waals surface area contributed by atoms with Crippen LogP contribution in [0, 0.1) is 0 Å². The number of halogens is 1. The van der Waals surface area contributed by atoms with Gasteiger partial charge in [0.25, 0.3) is 10.0 Å². The van der Waals surface area contributed by atoms with Gasteiger partial charge in [-0.25, -0.2) is 31.9 Å². The number of pyridine rings is 1. The van der Waals surface area contributed by atoms with Crippen molar-refractivity contribution in [2.75, 3.05) is 47.0 Å². The van der Waals surface area contributed by atoms with Crippen LogP contribution in [0.25, 0.3) is 0 Å². The Morgan fingerprint density at radius 2 is 1.64 bits per heavy atom. The molecule has 216 valence electrons. The van der Waals surface area contributed by atoms with Gasteiger partial charge in [0, 0.05) is 20.4 Å². The Balaban J connectivity index is 0.00000113. The van der Waals surface area contributed by atoms with Gasteiger partial charge in [0.2, 0.25) is 17.7 Å². The zero-order valence-corrected chi connectivity index (χ0v) is 22.4. The molecule has 0 aliphatic heterocycles. The molecule has 2 rings (SSSR count). The van der Waals surface area contributed by atoms with Crippen molar-refractivity contribution in [3.05, 3.63) is 30.1 Å². The van der Waals surface area contributed by atoms with Gasteiger partial charge in [-0.2, -0.15) is 9.97 Å². The van der Waals surface area contributed by atoms with E-state index in [1.165, 1.54) is 46.8 Å². The topological polar surface area (TPSA) is 214 Å². The first kappa shape index (κ1) is 32.9. The van der Waals surface area contributed by atoms with Gasteiger partial charge in [0.05, 0.1) is 20.3 Å². The lowest BCUT2D eigenvalue weighted by Crippen LogP contribution is -2.36. The number of ether oxygens (including phenoxy) is 5. The molecule has 2 heterocycles. The van der Waals surface area contributed by atoms with Gasteiger partial charge in [0.15, 0.2) is 6.10 Å². The number of sulfonamides is 1. The fraction of sp³-hybridized carbons (Fsp3) is 0.429. The molecule has 0 saturated carbocycles. The predicted molar refractivity (Wildman–Crippen MR) is 130 cm³/mol. The highest BCUT2D eigenvalue weighted by Crippen LogP contribution is 2.28. The number of amides is 2. The van der Waals surface area contributed by atoms with Crippen molar-refractivity contribution in [2.24, 2.45) is 0 Å². The number of urea groups is 1. The molecule has 39 heavy (non-hydrogen) atoms. The summed E-state index contributed by atoms with van der Waals surface area (Å²) in [5, 5.41) is 9.92. The van der Waals surface area contributed by atoms with Crippen molar-refractivity contribution in [1.29, 1.82) is 0 Å². The zero-order chi connectivity index (χ0) is 29.6. The van der Waals surface area contributed by atoms with Crippen molar-refractivity contribution >= 4 is 33.9 Å².